The van der Waals surface area contributed by atoms with Gasteiger partial charge in [0.25, 0.3) is 0 Å². The van der Waals surface area contributed by atoms with Crippen LogP contribution in [-0.4, -0.2) is 55.4 Å². The Morgan fingerprint density at radius 1 is 1.08 bits per heavy atom. The lowest BCUT2D eigenvalue weighted by Gasteiger charge is -2.46. The summed E-state index contributed by atoms with van der Waals surface area (Å²) in [5, 5.41) is 0.552. The number of hydrogen-bond donors (Lipinski definition) is 0. The fourth-order valence-electron chi connectivity index (χ4n) is 4.51. The number of halogens is 1. The van der Waals surface area contributed by atoms with Gasteiger partial charge in [-0.1, -0.05) is 30.5 Å². The molecule has 0 N–H and O–H groups in total. The van der Waals surface area contributed by atoms with Crippen LogP contribution in [0.1, 0.15) is 25.7 Å². The molecule has 1 saturated carbocycles. The van der Waals surface area contributed by atoms with Gasteiger partial charge in [0, 0.05) is 22.8 Å². The second-order valence-electron chi connectivity index (χ2n) is 7.07. The number of carbonyl (C=O) groups is 1. The van der Waals surface area contributed by atoms with Crippen molar-refractivity contribution in [1.29, 1.82) is 0 Å². The number of piperazine rings is 1. The molecule has 1 aromatic rings. The Kier molecular flexibility index (Phi) is 4.09. The Morgan fingerprint density at radius 3 is 2.50 bits per heavy atom. The lowest BCUT2D eigenvalue weighted by atomic mass is 10.00. The zero-order valence-corrected chi connectivity index (χ0v) is 15.0. The molecule has 130 valence electrons. The summed E-state index contributed by atoms with van der Waals surface area (Å²) in [6, 6.07) is 7.06. The van der Waals surface area contributed by atoms with Crippen LogP contribution in [0, 0.1) is 0 Å². The number of hydrogen-bond acceptors (Lipinski definition) is 4. The van der Waals surface area contributed by atoms with Crippen LogP contribution < -0.4 is 4.90 Å². The number of benzene rings is 1. The van der Waals surface area contributed by atoms with E-state index >= 15 is 0 Å². The van der Waals surface area contributed by atoms with Crippen LogP contribution in [0.3, 0.4) is 0 Å². The first-order chi connectivity index (χ1) is 11.4. The van der Waals surface area contributed by atoms with Gasteiger partial charge < -0.3 is 4.90 Å². The minimum absolute atomic E-state index is 0.0254. The summed E-state index contributed by atoms with van der Waals surface area (Å²) in [7, 11) is -3.13. The molecule has 3 fully saturated rings. The smallest absolute Gasteiger partial charge is 0.241 e. The maximum Gasteiger partial charge on any atom is 0.241 e. The Hall–Kier alpha value is -1.11. The van der Waals surface area contributed by atoms with E-state index in [-0.39, 0.29) is 29.5 Å². The maximum absolute atomic E-state index is 12.9. The van der Waals surface area contributed by atoms with Crippen LogP contribution in [-0.2, 0) is 14.6 Å². The summed E-state index contributed by atoms with van der Waals surface area (Å²) in [5.74, 6) is 0.167. The van der Waals surface area contributed by atoms with Crippen LogP contribution in [0.25, 0.3) is 0 Å². The first-order valence-corrected chi connectivity index (χ1v) is 10.7. The third-order valence-corrected chi connectivity index (χ3v) is 7.45. The first kappa shape index (κ1) is 16.4. The molecule has 24 heavy (non-hydrogen) atoms. The van der Waals surface area contributed by atoms with Crippen molar-refractivity contribution in [2.75, 3.05) is 23.0 Å². The van der Waals surface area contributed by atoms with Crippen molar-refractivity contribution >= 4 is 33.0 Å². The normalized spacial score (nSPS) is 30.7. The molecule has 7 heteroatoms. The van der Waals surface area contributed by atoms with E-state index in [1.807, 2.05) is 6.07 Å². The van der Waals surface area contributed by atoms with E-state index in [9.17, 15) is 13.2 Å². The van der Waals surface area contributed by atoms with Gasteiger partial charge in [0.15, 0.2) is 9.84 Å². The van der Waals surface area contributed by atoms with Crippen LogP contribution in [0.5, 0.6) is 0 Å². The number of amides is 1. The number of sulfone groups is 1. The van der Waals surface area contributed by atoms with Gasteiger partial charge in [-0.15, -0.1) is 0 Å². The van der Waals surface area contributed by atoms with Crippen molar-refractivity contribution < 1.29 is 13.2 Å². The SMILES string of the molecule is O=C1CN(C2CCCC2)[C@@H]2CS(=O)(=O)C[C@H]2N1c1cccc(Cl)c1. The average molecular weight is 369 g/mol. The molecular formula is C17H21ClN2O3S. The zero-order chi connectivity index (χ0) is 16.9. The molecule has 0 unspecified atom stereocenters. The fourth-order valence-corrected chi connectivity index (χ4v) is 6.65. The van der Waals surface area contributed by atoms with Crippen molar-refractivity contribution in [3.63, 3.8) is 0 Å². The van der Waals surface area contributed by atoms with Gasteiger partial charge in [0.2, 0.25) is 5.91 Å². The summed E-state index contributed by atoms with van der Waals surface area (Å²) in [4.78, 5) is 16.7. The molecule has 2 atom stereocenters. The summed E-state index contributed by atoms with van der Waals surface area (Å²) >= 11 is 6.08. The van der Waals surface area contributed by atoms with Gasteiger partial charge in [-0.25, -0.2) is 8.42 Å². The van der Waals surface area contributed by atoms with Gasteiger partial charge in [-0.05, 0) is 31.0 Å². The van der Waals surface area contributed by atoms with E-state index in [1.54, 1.807) is 23.1 Å². The Labute approximate surface area is 147 Å². The number of carbonyl (C=O) groups excluding carboxylic acids is 1. The molecule has 5 nitrogen and oxygen atoms in total. The Bertz CT molecular complexity index is 761. The predicted octanol–water partition coefficient (Wildman–Crippen LogP) is 2.10. The summed E-state index contributed by atoms with van der Waals surface area (Å²) in [5.41, 5.74) is 0.700. The Balaban J connectivity index is 1.71. The number of rotatable bonds is 2. The molecule has 0 bridgehead atoms. The minimum atomic E-state index is -3.13. The molecule has 1 aliphatic carbocycles. The van der Waals surface area contributed by atoms with Crippen molar-refractivity contribution in [1.82, 2.24) is 4.90 Å². The fraction of sp³-hybridized carbons (Fsp3) is 0.588. The quantitative estimate of drug-likeness (QED) is 0.802. The number of nitrogens with zero attached hydrogens (tertiary/aromatic N) is 2. The third-order valence-electron chi connectivity index (χ3n) is 5.52. The van der Waals surface area contributed by atoms with Crippen molar-refractivity contribution in [3.8, 4) is 0 Å². The number of fused-ring (bicyclic) bond motifs is 1. The lowest BCUT2D eigenvalue weighted by Crippen LogP contribution is -2.64. The number of anilines is 1. The largest absolute Gasteiger partial charge is 0.306 e. The molecule has 3 aliphatic rings. The minimum Gasteiger partial charge on any atom is -0.306 e. The molecule has 4 rings (SSSR count). The molecule has 0 radical (unpaired) electrons. The average Bonchev–Trinajstić information content (AvgIpc) is 3.13. The summed E-state index contributed by atoms with van der Waals surface area (Å²) in [6.07, 6.45) is 4.45. The van der Waals surface area contributed by atoms with Gasteiger partial charge >= 0.3 is 0 Å². The van der Waals surface area contributed by atoms with Gasteiger partial charge in [0.1, 0.15) is 0 Å². The third kappa shape index (κ3) is 2.85. The molecule has 2 aliphatic heterocycles. The summed E-state index contributed by atoms with van der Waals surface area (Å²) < 4.78 is 24.6. The second kappa shape index (κ2) is 6.00. The highest BCUT2D eigenvalue weighted by Crippen LogP contribution is 2.36. The van der Waals surface area contributed by atoms with Gasteiger partial charge in [-0.2, -0.15) is 0 Å². The van der Waals surface area contributed by atoms with Crippen molar-refractivity contribution in [3.05, 3.63) is 29.3 Å². The highest BCUT2D eigenvalue weighted by Gasteiger charge is 2.51. The molecule has 1 aromatic carbocycles. The van der Waals surface area contributed by atoms with Crippen molar-refractivity contribution in [2.24, 2.45) is 0 Å². The van der Waals surface area contributed by atoms with E-state index in [4.69, 9.17) is 11.6 Å². The van der Waals surface area contributed by atoms with E-state index in [2.05, 4.69) is 4.90 Å². The van der Waals surface area contributed by atoms with Crippen molar-refractivity contribution in [2.45, 2.75) is 43.8 Å². The molecule has 1 amide bonds. The van der Waals surface area contributed by atoms with Gasteiger partial charge in [-0.3, -0.25) is 9.69 Å². The monoisotopic (exact) mass is 368 g/mol. The summed E-state index contributed by atoms with van der Waals surface area (Å²) in [6.45, 7) is 0.299. The molecular weight excluding hydrogens is 348 g/mol. The molecule has 0 spiro atoms. The van der Waals surface area contributed by atoms with Crippen LogP contribution in [0.4, 0.5) is 5.69 Å². The highest BCUT2D eigenvalue weighted by molar-refractivity contribution is 7.91. The van der Waals surface area contributed by atoms with E-state index in [0.29, 0.717) is 23.3 Å². The predicted molar refractivity (Wildman–Crippen MR) is 94.1 cm³/mol. The Morgan fingerprint density at radius 2 is 1.79 bits per heavy atom. The lowest BCUT2D eigenvalue weighted by molar-refractivity contribution is -0.124. The van der Waals surface area contributed by atoms with Crippen LogP contribution >= 0.6 is 11.6 Å². The first-order valence-electron chi connectivity index (χ1n) is 8.48. The highest BCUT2D eigenvalue weighted by atomic mass is 35.5. The molecule has 0 aromatic heterocycles. The topological polar surface area (TPSA) is 57.7 Å². The second-order valence-corrected chi connectivity index (χ2v) is 9.66. The van der Waals surface area contributed by atoms with E-state index in [1.165, 1.54) is 0 Å². The molecule has 2 saturated heterocycles. The van der Waals surface area contributed by atoms with Gasteiger partial charge in [0.05, 0.1) is 24.1 Å². The van der Waals surface area contributed by atoms with Crippen LogP contribution in [0.2, 0.25) is 5.02 Å². The zero-order valence-electron chi connectivity index (χ0n) is 13.4. The maximum atomic E-state index is 12.9. The van der Waals surface area contributed by atoms with E-state index in [0.717, 1.165) is 25.7 Å². The van der Waals surface area contributed by atoms with E-state index < -0.39 is 9.84 Å². The van der Waals surface area contributed by atoms with Crippen LogP contribution in [0.15, 0.2) is 24.3 Å². The molecule has 2 heterocycles. The standard InChI is InChI=1S/C17H21ClN2O3S/c18-12-4-3-7-14(8-12)20-16-11-24(22,23)10-15(16)19(9-17(20)21)13-5-1-2-6-13/h3-4,7-8,13,15-16H,1-2,5-6,9-11H2/t15-,16-/m1/s1.